The molecule has 27 heavy (non-hydrogen) atoms. The van der Waals surface area contributed by atoms with E-state index in [1.807, 2.05) is 49.4 Å². The predicted molar refractivity (Wildman–Crippen MR) is 100 cm³/mol. The van der Waals surface area contributed by atoms with Crippen molar-refractivity contribution in [2.24, 2.45) is 0 Å². The zero-order valence-electron chi connectivity index (χ0n) is 14.4. The van der Waals surface area contributed by atoms with Crippen LogP contribution in [0.5, 0.6) is 0 Å². The Kier molecular flexibility index (Phi) is 4.67. The zero-order valence-corrected chi connectivity index (χ0v) is 15.2. The Balaban J connectivity index is 1.42. The van der Waals surface area contributed by atoms with Gasteiger partial charge in [-0.15, -0.1) is 15.3 Å². The van der Waals surface area contributed by atoms with Crippen LogP contribution < -0.4 is 5.32 Å². The number of benzene rings is 1. The van der Waals surface area contributed by atoms with Gasteiger partial charge < -0.3 is 5.32 Å². The van der Waals surface area contributed by atoms with Crippen LogP contribution in [0.15, 0.2) is 54.9 Å². The molecule has 0 bridgehead atoms. The molecule has 9 heteroatoms. The van der Waals surface area contributed by atoms with Crippen LogP contribution in [0.2, 0.25) is 0 Å². The van der Waals surface area contributed by atoms with Crippen LogP contribution in [0.25, 0.3) is 16.3 Å². The summed E-state index contributed by atoms with van der Waals surface area (Å²) in [5.74, 6) is -0.320. The van der Waals surface area contributed by atoms with Crippen molar-refractivity contribution in [1.82, 2.24) is 35.5 Å². The molecule has 0 aliphatic carbocycles. The second kappa shape index (κ2) is 7.42. The molecule has 4 aromatic rings. The average molecular weight is 377 g/mol. The van der Waals surface area contributed by atoms with E-state index in [1.165, 1.54) is 16.0 Å². The minimum atomic E-state index is -0.320. The number of pyridine rings is 1. The summed E-state index contributed by atoms with van der Waals surface area (Å²) in [6.07, 6.45) is 3.28. The monoisotopic (exact) mass is 377 g/mol. The lowest BCUT2D eigenvalue weighted by molar-refractivity contribution is 0.0945. The van der Waals surface area contributed by atoms with Crippen LogP contribution in [0.3, 0.4) is 0 Å². The average Bonchev–Trinajstić information content (AvgIpc) is 3.37. The van der Waals surface area contributed by atoms with Crippen molar-refractivity contribution in [2.45, 2.75) is 13.5 Å². The van der Waals surface area contributed by atoms with Crippen molar-refractivity contribution in [2.75, 3.05) is 0 Å². The molecule has 0 spiro atoms. The first-order valence-electron chi connectivity index (χ1n) is 8.21. The van der Waals surface area contributed by atoms with Crippen molar-refractivity contribution in [1.29, 1.82) is 0 Å². The fraction of sp³-hybridized carbons (Fsp3) is 0.111. The molecular formula is C18H15N7OS. The Morgan fingerprint density at radius 3 is 2.78 bits per heavy atom. The van der Waals surface area contributed by atoms with Gasteiger partial charge in [-0.2, -0.15) is 0 Å². The van der Waals surface area contributed by atoms with E-state index < -0.39 is 0 Å². The van der Waals surface area contributed by atoms with Crippen LogP contribution in [0.1, 0.15) is 21.2 Å². The molecule has 1 N–H and O–H groups in total. The van der Waals surface area contributed by atoms with E-state index >= 15 is 0 Å². The number of nitrogens with one attached hydrogen (secondary N) is 1. The number of aromatic nitrogens is 6. The molecule has 0 radical (unpaired) electrons. The maximum Gasteiger partial charge on any atom is 0.273 e. The van der Waals surface area contributed by atoms with Gasteiger partial charge in [-0.3, -0.25) is 9.78 Å². The van der Waals surface area contributed by atoms with Crippen LogP contribution in [0, 0.1) is 6.92 Å². The molecule has 0 atom stereocenters. The number of hydrogen-bond donors (Lipinski definition) is 1. The summed E-state index contributed by atoms with van der Waals surface area (Å²) in [4.78, 5) is 16.5. The summed E-state index contributed by atoms with van der Waals surface area (Å²) in [7, 11) is 0. The van der Waals surface area contributed by atoms with E-state index in [4.69, 9.17) is 0 Å². The second-order valence-corrected chi connectivity index (χ2v) is 6.77. The topological polar surface area (TPSA) is 98.5 Å². The Morgan fingerprint density at radius 2 is 1.96 bits per heavy atom. The molecule has 3 aromatic heterocycles. The molecule has 0 aliphatic heterocycles. The fourth-order valence-electron chi connectivity index (χ4n) is 2.47. The largest absolute Gasteiger partial charge is 0.344 e. The minimum Gasteiger partial charge on any atom is -0.344 e. The van der Waals surface area contributed by atoms with Crippen molar-refractivity contribution < 1.29 is 4.79 Å². The maximum absolute atomic E-state index is 12.3. The third-order valence-corrected chi connectivity index (χ3v) is 4.81. The van der Waals surface area contributed by atoms with Gasteiger partial charge in [0, 0.05) is 11.8 Å². The number of carbonyl (C=O) groups excluding carboxylic acids is 1. The SMILES string of the molecule is Cc1ncccc1-n1cc(C(=O)NCc2nnc(-c3ccccc3)s2)nn1. The number of rotatable bonds is 5. The van der Waals surface area contributed by atoms with Gasteiger partial charge in [0.25, 0.3) is 5.91 Å². The standard InChI is InChI=1S/C18H15N7OS/c1-12-15(8-5-9-19-12)25-11-14(21-24-25)17(26)20-10-16-22-23-18(27-16)13-6-3-2-4-7-13/h2-9,11H,10H2,1H3,(H,20,26). The summed E-state index contributed by atoms with van der Waals surface area (Å²) in [5, 5.41) is 20.6. The van der Waals surface area contributed by atoms with E-state index in [0.29, 0.717) is 0 Å². The van der Waals surface area contributed by atoms with Crippen molar-refractivity contribution in [3.8, 4) is 16.3 Å². The van der Waals surface area contributed by atoms with Crippen LogP contribution in [-0.2, 0) is 6.54 Å². The van der Waals surface area contributed by atoms with Crippen molar-refractivity contribution >= 4 is 17.2 Å². The van der Waals surface area contributed by atoms with Crippen LogP contribution in [0.4, 0.5) is 0 Å². The normalized spacial score (nSPS) is 10.7. The molecule has 8 nitrogen and oxygen atoms in total. The first-order valence-corrected chi connectivity index (χ1v) is 9.03. The zero-order chi connectivity index (χ0) is 18.6. The third kappa shape index (κ3) is 3.72. The van der Waals surface area contributed by atoms with E-state index in [2.05, 4.69) is 30.8 Å². The molecule has 3 heterocycles. The quantitative estimate of drug-likeness (QED) is 0.573. The van der Waals surface area contributed by atoms with Gasteiger partial charge >= 0.3 is 0 Å². The highest BCUT2D eigenvalue weighted by molar-refractivity contribution is 7.14. The highest BCUT2D eigenvalue weighted by atomic mass is 32.1. The van der Waals surface area contributed by atoms with E-state index in [9.17, 15) is 4.79 Å². The number of nitrogens with zero attached hydrogens (tertiary/aromatic N) is 6. The summed E-state index contributed by atoms with van der Waals surface area (Å²) in [5.41, 5.74) is 2.81. The lowest BCUT2D eigenvalue weighted by Gasteiger charge is -2.02. The number of hydrogen-bond acceptors (Lipinski definition) is 7. The molecule has 1 aromatic carbocycles. The first-order chi connectivity index (χ1) is 13.2. The second-order valence-electron chi connectivity index (χ2n) is 5.71. The predicted octanol–water partition coefficient (Wildman–Crippen LogP) is 2.42. The summed E-state index contributed by atoms with van der Waals surface area (Å²) >= 11 is 1.44. The third-order valence-electron chi connectivity index (χ3n) is 3.84. The van der Waals surface area contributed by atoms with Crippen molar-refractivity contribution in [3.05, 3.63) is 71.3 Å². The van der Waals surface area contributed by atoms with Gasteiger partial charge in [-0.1, -0.05) is 46.9 Å². The molecule has 0 fully saturated rings. The van der Waals surface area contributed by atoms with Crippen molar-refractivity contribution in [3.63, 3.8) is 0 Å². The Morgan fingerprint density at radius 1 is 1.11 bits per heavy atom. The van der Waals surface area contributed by atoms with E-state index in [0.717, 1.165) is 27.0 Å². The molecule has 0 unspecified atom stereocenters. The van der Waals surface area contributed by atoms with Gasteiger partial charge in [0.1, 0.15) is 10.0 Å². The number of carbonyl (C=O) groups is 1. The van der Waals surface area contributed by atoms with Crippen LogP contribution >= 0.6 is 11.3 Å². The molecule has 134 valence electrons. The fourth-order valence-corrected chi connectivity index (χ4v) is 3.26. The Hall–Kier alpha value is -3.46. The molecular weight excluding hydrogens is 362 g/mol. The molecule has 0 aliphatic rings. The Labute approximate surface area is 158 Å². The number of aryl methyl sites for hydroxylation is 1. The van der Waals surface area contributed by atoms with Gasteiger partial charge in [0.15, 0.2) is 5.69 Å². The van der Waals surface area contributed by atoms with E-state index in [-0.39, 0.29) is 18.1 Å². The van der Waals surface area contributed by atoms with Gasteiger partial charge in [-0.25, -0.2) is 4.68 Å². The van der Waals surface area contributed by atoms with Gasteiger partial charge in [0.2, 0.25) is 0 Å². The maximum atomic E-state index is 12.3. The van der Waals surface area contributed by atoms with Crippen LogP contribution in [-0.4, -0.2) is 36.1 Å². The first kappa shape index (κ1) is 17.0. The minimum absolute atomic E-state index is 0.228. The van der Waals surface area contributed by atoms with E-state index in [1.54, 1.807) is 12.4 Å². The highest BCUT2D eigenvalue weighted by Gasteiger charge is 2.14. The molecule has 1 amide bonds. The van der Waals surface area contributed by atoms with Gasteiger partial charge in [-0.05, 0) is 19.1 Å². The molecule has 4 rings (SSSR count). The van der Waals surface area contributed by atoms with Gasteiger partial charge in [0.05, 0.1) is 24.1 Å². The smallest absolute Gasteiger partial charge is 0.273 e. The lowest BCUT2D eigenvalue weighted by atomic mass is 10.2. The lowest BCUT2D eigenvalue weighted by Crippen LogP contribution is -2.23. The molecule has 0 saturated carbocycles. The number of amides is 1. The summed E-state index contributed by atoms with van der Waals surface area (Å²) in [6.45, 7) is 2.15. The Bertz CT molecular complexity index is 1070. The summed E-state index contributed by atoms with van der Waals surface area (Å²) in [6, 6.07) is 13.5. The molecule has 0 saturated heterocycles. The summed E-state index contributed by atoms with van der Waals surface area (Å²) < 4.78 is 1.54. The highest BCUT2D eigenvalue weighted by Crippen LogP contribution is 2.22.